The van der Waals surface area contributed by atoms with Gasteiger partial charge in [0.05, 0.1) is 0 Å². The number of aromatic nitrogens is 5. The van der Waals surface area contributed by atoms with Gasteiger partial charge >= 0.3 is 0 Å². The van der Waals surface area contributed by atoms with E-state index in [4.69, 9.17) is 9.72 Å². The molecule has 2 N–H and O–H groups in total. The van der Waals surface area contributed by atoms with Crippen LogP contribution in [0, 0.1) is 0 Å². The summed E-state index contributed by atoms with van der Waals surface area (Å²) in [6.07, 6.45) is 8.84. The first kappa shape index (κ1) is 19.6. The molecule has 1 saturated heterocycles. The van der Waals surface area contributed by atoms with Crippen LogP contribution in [-0.2, 0) is 4.74 Å². The predicted octanol–water partition coefficient (Wildman–Crippen LogP) is 3.45. The molecule has 2 aromatic heterocycles. The van der Waals surface area contributed by atoms with Crippen LogP contribution in [0.5, 0.6) is 0 Å². The van der Waals surface area contributed by atoms with Crippen LogP contribution in [0.15, 0.2) is 18.3 Å². The van der Waals surface area contributed by atoms with E-state index in [1.807, 2.05) is 23.0 Å². The molecule has 2 aliphatic rings. The van der Waals surface area contributed by atoms with Crippen LogP contribution in [0.1, 0.15) is 58.4 Å². The van der Waals surface area contributed by atoms with Gasteiger partial charge < -0.3 is 15.4 Å². The third-order valence-corrected chi connectivity index (χ3v) is 6.42. The van der Waals surface area contributed by atoms with Crippen LogP contribution in [0.4, 0.5) is 5.95 Å². The second-order valence-corrected chi connectivity index (χ2v) is 8.94. The molecule has 1 aliphatic heterocycles. The fourth-order valence-electron chi connectivity index (χ4n) is 4.73. The van der Waals surface area contributed by atoms with E-state index >= 15 is 0 Å². The maximum absolute atomic E-state index is 5.47. The van der Waals surface area contributed by atoms with E-state index in [-0.39, 0.29) is 6.04 Å². The Hall–Kier alpha value is -2.32. The molecule has 5 rings (SSSR count). The minimum absolute atomic E-state index is 0.227. The molecule has 8 heteroatoms. The lowest BCUT2D eigenvalue weighted by Gasteiger charge is -2.33. The molecule has 0 amide bonds. The first-order valence-corrected chi connectivity index (χ1v) is 11.3. The Bertz CT molecular complexity index is 1000. The van der Waals surface area contributed by atoms with Crippen molar-refractivity contribution < 1.29 is 4.74 Å². The van der Waals surface area contributed by atoms with E-state index in [1.165, 1.54) is 12.8 Å². The van der Waals surface area contributed by atoms with Gasteiger partial charge in [-0.1, -0.05) is 5.21 Å². The average Bonchev–Trinajstić information content (AvgIpc) is 3.21. The van der Waals surface area contributed by atoms with Crippen LogP contribution >= 0.6 is 0 Å². The Morgan fingerprint density at radius 2 is 1.73 bits per heavy atom. The number of anilines is 1. The third-order valence-electron chi connectivity index (χ3n) is 6.42. The van der Waals surface area contributed by atoms with E-state index in [0.717, 1.165) is 60.8 Å². The molecule has 0 spiro atoms. The largest absolute Gasteiger partial charge is 0.381 e. The second kappa shape index (κ2) is 8.43. The van der Waals surface area contributed by atoms with E-state index in [9.17, 15) is 0 Å². The van der Waals surface area contributed by atoms with Crippen LogP contribution in [0.25, 0.3) is 21.9 Å². The van der Waals surface area contributed by atoms with E-state index in [2.05, 4.69) is 39.8 Å². The topological polar surface area (TPSA) is 89.8 Å². The lowest BCUT2D eigenvalue weighted by atomic mass is 9.90. The standard InChI is InChI=1S/C22H31N7O/c1-14(2)29-21-19(27-28-29)8-3-15-13-23-22(26-20(15)21)25-17-6-4-16(5-7-17)24-18-9-11-30-12-10-18/h3,8,13-14,16-18,24H,4-7,9-12H2,1-2H3,(H,23,25,26)/t16-,17-. The Labute approximate surface area is 176 Å². The van der Waals surface area contributed by atoms with Crippen molar-refractivity contribution in [1.29, 1.82) is 0 Å². The third kappa shape index (κ3) is 3.98. The first-order valence-electron chi connectivity index (χ1n) is 11.3. The molecule has 3 aromatic rings. The number of benzene rings is 1. The summed E-state index contributed by atoms with van der Waals surface area (Å²) >= 11 is 0. The number of hydrogen-bond donors (Lipinski definition) is 2. The normalized spacial score (nSPS) is 23.4. The van der Waals surface area contributed by atoms with Crippen LogP contribution in [0.3, 0.4) is 0 Å². The van der Waals surface area contributed by atoms with Crippen molar-refractivity contribution in [3.8, 4) is 0 Å². The van der Waals surface area contributed by atoms with Gasteiger partial charge in [0.1, 0.15) is 16.6 Å². The lowest BCUT2D eigenvalue weighted by molar-refractivity contribution is 0.0730. The van der Waals surface area contributed by atoms with Crippen molar-refractivity contribution >= 4 is 27.9 Å². The van der Waals surface area contributed by atoms with Crippen LogP contribution in [-0.4, -0.2) is 56.3 Å². The van der Waals surface area contributed by atoms with Crippen molar-refractivity contribution in [3.05, 3.63) is 18.3 Å². The summed E-state index contributed by atoms with van der Waals surface area (Å²) in [5.41, 5.74) is 2.77. The SMILES string of the molecule is CC(C)n1nnc2ccc3cnc(N[C@H]4CC[C@H](NC5CCOCC5)CC4)nc3c21. The number of nitrogens with zero attached hydrogens (tertiary/aromatic N) is 5. The fourth-order valence-corrected chi connectivity index (χ4v) is 4.73. The zero-order valence-electron chi connectivity index (χ0n) is 17.8. The van der Waals surface area contributed by atoms with Gasteiger partial charge in [-0.3, -0.25) is 0 Å². The Morgan fingerprint density at radius 3 is 2.50 bits per heavy atom. The van der Waals surface area contributed by atoms with E-state index in [0.29, 0.717) is 24.1 Å². The molecule has 1 aromatic carbocycles. The van der Waals surface area contributed by atoms with Gasteiger partial charge in [-0.2, -0.15) is 0 Å². The van der Waals surface area contributed by atoms with E-state index < -0.39 is 0 Å². The van der Waals surface area contributed by atoms with Crippen LogP contribution in [0.2, 0.25) is 0 Å². The minimum atomic E-state index is 0.227. The number of fused-ring (bicyclic) bond motifs is 3. The van der Waals surface area contributed by atoms with Gasteiger partial charge in [0.15, 0.2) is 0 Å². The van der Waals surface area contributed by atoms with Gasteiger partial charge in [0, 0.05) is 49.0 Å². The number of hydrogen-bond acceptors (Lipinski definition) is 7. The van der Waals surface area contributed by atoms with Crippen LogP contribution < -0.4 is 10.6 Å². The summed E-state index contributed by atoms with van der Waals surface area (Å²) in [4.78, 5) is 9.45. The Kier molecular flexibility index (Phi) is 5.52. The highest BCUT2D eigenvalue weighted by molar-refractivity contribution is 6.01. The van der Waals surface area contributed by atoms with Gasteiger partial charge in [-0.15, -0.1) is 5.10 Å². The summed E-state index contributed by atoms with van der Waals surface area (Å²) in [5, 5.41) is 17.1. The molecule has 0 radical (unpaired) electrons. The fraction of sp³-hybridized carbons (Fsp3) is 0.636. The number of nitrogens with one attached hydrogen (secondary N) is 2. The first-order chi connectivity index (χ1) is 14.7. The molecule has 0 atom stereocenters. The van der Waals surface area contributed by atoms with Crippen molar-refractivity contribution in [1.82, 2.24) is 30.3 Å². The van der Waals surface area contributed by atoms with Gasteiger partial charge in [-0.25, -0.2) is 14.6 Å². The molecule has 1 saturated carbocycles. The molecule has 1 aliphatic carbocycles. The van der Waals surface area contributed by atoms with Gasteiger partial charge in [0.2, 0.25) is 5.95 Å². The van der Waals surface area contributed by atoms with Crippen molar-refractivity contribution in [2.75, 3.05) is 18.5 Å². The zero-order valence-corrected chi connectivity index (χ0v) is 17.8. The Balaban J connectivity index is 1.28. The second-order valence-electron chi connectivity index (χ2n) is 8.94. The maximum atomic E-state index is 5.47. The maximum Gasteiger partial charge on any atom is 0.223 e. The highest BCUT2D eigenvalue weighted by Crippen LogP contribution is 2.26. The highest BCUT2D eigenvalue weighted by Gasteiger charge is 2.25. The monoisotopic (exact) mass is 409 g/mol. The summed E-state index contributed by atoms with van der Waals surface area (Å²) in [6, 6.07) is 5.91. The smallest absolute Gasteiger partial charge is 0.223 e. The molecule has 0 bridgehead atoms. The molecular formula is C22H31N7O. The molecule has 30 heavy (non-hydrogen) atoms. The lowest BCUT2D eigenvalue weighted by Crippen LogP contribution is -2.44. The molecule has 3 heterocycles. The quantitative estimate of drug-likeness (QED) is 0.667. The van der Waals surface area contributed by atoms with Crippen molar-refractivity contribution in [2.45, 2.75) is 76.5 Å². The molecular weight excluding hydrogens is 378 g/mol. The molecule has 2 fully saturated rings. The average molecular weight is 410 g/mol. The number of rotatable bonds is 5. The Morgan fingerprint density at radius 1 is 1.00 bits per heavy atom. The summed E-state index contributed by atoms with van der Waals surface area (Å²) in [7, 11) is 0. The van der Waals surface area contributed by atoms with Crippen molar-refractivity contribution in [2.24, 2.45) is 0 Å². The van der Waals surface area contributed by atoms with Crippen molar-refractivity contribution in [3.63, 3.8) is 0 Å². The van der Waals surface area contributed by atoms with Gasteiger partial charge in [-0.05, 0) is 64.5 Å². The number of ether oxygens (including phenoxy) is 1. The summed E-state index contributed by atoms with van der Waals surface area (Å²) < 4.78 is 7.42. The molecule has 160 valence electrons. The van der Waals surface area contributed by atoms with E-state index in [1.54, 1.807) is 0 Å². The highest BCUT2D eigenvalue weighted by atomic mass is 16.5. The predicted molar refractivity (Wildman–Crippen MR) is 118 cm³/mol. The summed E-state index contributed by atoms with van der Waals surface area (Å²) in [5.74, 6) is 0.701. The zero-order chi connectivity index (χ0) is 20.5. The molecule has 8 nitrogen and oxygen atoms in total. The minimum Gasteiger partial charge on any atom is -0.381 e. The summed E-state index contributed by atoms with van der Waals surface area (Å²) in [6.45, 7) is 6.01. The van der Waals surface area contributed by atoms with Gasteiger partial charge in [0.25, 0.3) is 0 Å². The molecule has 0 unspecified atom stereocenters.